The fourth-order valence-corrected chi connectivity index (χ4v) is 4.13. The summed E-state index contributed by atoms with van der Waals surface area (Å²) in [4.78, 5) is 4.45. The monoisotopic (exact) mass is 538 g/mol. The zero-order valence-corrected chi connectivity index (χ0v) is 21.8. The van der Waals surface area contributed by atoms with E-state index < -0.39 is 0 Å². The van der Waals surface area contributed by atoms with Gasteiger partial charge in [0.25, 0.3) is 0 Å². The molecule has 0 bridgehead atoms. The summed E-state index contributed by atoms with van der Waals surface area (Å²) in [6.45, 7) is 6.33. The second-order valence-corrected chi connectivity index (χ2v) is 8.58. The lowest BCUT2D eigenvalue weighted by atomic mass is 10.2. The van der Waals surface area contributed by atoms with Crippen LogP contribution in [-0.2, 0) is 14.2 Å². The Morgan fingerprint density at radius 3 is 1.59 bits per heavy atom. The van der Waals surface area contributed by atoms with Gasteiger partial charge in [-0.15, -0.1) is 0 Å². The number of methoxy groups -OCH3 is 3. The summed E-state index contributed by atoms with van der Waals surface area (Å²) < 4.78 is 35.2. The average molecular weight is 539 g/mol. The van der Waals surface area contributed by atoms with E-state index >= 15 is 0 Å². The first-order valence-electron chi connectivity index (χ1n) is 11.4. The molecule has 2 aromatic rings. The fourth-order valence-electron chi connectivity index (χ4n) is 3.79. The van der Waals surface area contributed by atoms with E-state index in [1.54, 1.807) is 21.3 Å². The maximum absolute atomic E-state index is 6.05. The van der Waals surface area contributed by atoms with E-state index in [9.17, 15) is 0 Å². The van der Waals surface area contributed by atoms with Crippen molar-refractivity contribution in [3.63, 3.8) is 0 Å². The highest BCUT2D eigenvalue weighted by molar-refractivity contribution is 9.10. The van der Waals surface area contributed by atoms with E-state index in [0.29, 0.717) is 52.7 Å². The molecule has 0 N–H and O–H groups in total. The molecule has 0 unspecified atom stereocenters. The van der Waals surface area contributed by atoms with Crippen molar-refractivity contribution in [1.82, 2.24) is 0 Å². The van der Waals surface area contributed by atoms with Gasteiger partial charge in [0, 0.05) is 36.7 Å². The van der Waals surface area contributed by atoms with Crippen molar-refractivity contribution in [1.29, 1.82) is 0 Å². The lowest BCUT2D eigenvalue weighted by molar-refractivity contribution is 0.0530. The standard InChI is InChI=1S/C25H35BrN2O6/c1-29-21-5-7-23(25(19-21)31-3)28-9-13-32-12-8-27(10-14-33-16-17-34-15-11-28)22-6-4-20(26)18-24(22)30-2/h4-7,18-19H,8-17H2,1-3H3. The van der Waals surface area contributed by atoms with Crippen LogP contribution in [0.2, 0.25) is 0 Å². The number of rotatable bonds is 5. The molecule has 9 heteroatoms. The maximum Gasteiger partial charge on any atom is 0.145 e. The minimum atomic E-state index is 0.547. The second kappa shape index (κ2) is 14.3. The van der Waals surface area contributed by atoms with Gasteiger partial charge in [-0.2, -0.15) is 0 Å². The van der Waals surface area contributed by atoms with Gasteiger partial charge in [0.05, 0.1) is 72.3 Å². The molecule has 0 aliphatic carbocycles. The van der Waals surface area contributed by atoms with Crippen LogP contribution in [-0.4, -0.2) is 87.1 Å². The molecule has 3 rings (SSSR count). The predicted molar refractivity (Wildman–Crippen MR) is 137 cm³/mol. The van der Waals surface area contributed by atoms with Crippen molar-refractivity contribution >= 4 is 27.3 Å². The molecular weight excluding hydrogens is 504 g/mol. The summed E-state index contributed by atoms with van der Waals surface area (Å²) >= 11 is 3.52. The highest BCUT2D eigenvalue weighted by atomic mass is 79.9. The maximum atomic E-state index is 6.05. The van der Waals surface area contributed by atoms with Crippen LogP contribution in [0.25, 0.3) is 0 Å². The lowest BCUT2D eigenvalue weighted by Crippen LogP contribution is -2.33. The normalized spacial score (nSPS) is 16.9. The quantitative estimate of drug-likeness (QED) is 0.568. The van der Waals surface area contributed by atoms with Crippen LogP contribution in [0.4, 0.5) is 11.4 Å². The number of ether oxygens (including phenoxy) is 6. The first-order valence-corrected chi connectivity index (χ1v) is 12.2. The van der Waals surface area contributed by atoms with Gasteiger partial charge < -0.3 is 38.2 Å². The van der Waals surface area contributed by atoms with Gasteiger partial charge in [-0.25, -0.2) is 0 Å². The van der Waals surface area contributed by atoms with Gasteiger partial charge in [0.1, 0.15) is 17.2 Å². The van der Waals surface area contributed by atoms with Gasteiger partial charge in [-0.05, 0) is 30.3 Å². The summed E-state index contributed by atoms with van der Waals surface area (Å²) in [5.74, 6) is 2.33. The highest BCUT2D eigenvalue weighted by Crippen LogP contribution is 2.33. The van der Waals surface area contributed by atoms with Crippen LogP contribution in [0.5, 0.6) is 17.2 Å². The molecule has 8 nitrogen and oxygen atoms in total. The molecule has 0 spiro atoms. The van der Waals surface area contributed by atoms with Gasteiger partial charge >= 0.3 is 0 Å². The van der Waals surface area contributed by atoms with Crippen molar-refractivity contribution in [2.45, 2.75) is 0 Å². The molecule has 0 atom stereocenters. The number of hydrogen-bond acceptors (Lipinski definition) is 8. The van der Waals surface area contributed by atoms with E-state index in [1.165, 1.54) is 0 Å². The summed E-state index contributed by atoms with van der Waals surface area (Å²) in [5.41, 5.74) is 2.00. The zero-order valence-electron chi connectivity index (χ0n) is 20.3. The highest BCUT2D eigenvalue weighted by Gasteiger charge is 2.16. The molecule has 0 saturated carbocycles. The first kappa shape index (κ1) is 26.4. The molecule has 34 heavy (non-hydrogen) atoms. The van der Waals surface area contributed by atoms with Crippen LogP contribution in [0, 0.1) is 0 Å². The first-order chi connectivity index (χ1) is 16.7. The summed E-state index contributed by atoms with van der Waals surface area (Å²) in [6, 6.07) is 11.9. The smallest absolute Gasteiger partial charge is 0.145 e. The number of hydrogen-bond donors (Lipinski definition) is 0. The van der Waals surface area contributed by atoms with Gasteiger partial charge in [-0.1, -0.05) is 15.9 Å². The molecule has 0 amide bonds. The SMILES string of the molecule is COc1ccc(N2CCOCCOCCN(c3ccc(Br)cc3OC)CCOCC2)c(OC)c1. The van der Waals surface area contributed by atoms with Crippen molar-refractivity contribution in [3.05, 3.63) is 40.9 Å². The molecule has 1 aliphatic rings. The van der Waals surface area contributed by atoms with E-state index in [4.69, 9.17) is 28.4 Å². The van der Waals surface area contributed by atoms with E-state index in [-0.39, 0.29) is 0 Å². The number of benzene rings is 2. The average Bonchev–Trinajstić information content (AvgIpc) is 2.87. The van der Waals surface area contributed by atoms with Gasteiger partial charge in [0.2, 0.25) is 0 Å². The summed E-state index contributed by atoms with van der Waals surface area (Å²) in [6.07, 6.45) is 0. The van der Waals surface area contributed by atoms with Crippen LogP contribution in [0.3, 0.4) is 0 Å². The van der Waals surface area contributed by atoms with E-state index in [1.807, 2.05) is 30.3 Å². The molecule has 0 aromatic heterocycles. The van der Waals surface area contributed by atoms with E-state index in [2.05, 4.69) is 31.8 Å². The molecule has 0 radical (unpaired) electrons. The number of nitrogens with zero attached hydrogens (tertiary/aromatic N) is 2. The molecule has 188 valence electrons. The van der Waals surface area contributed by atoms with Crippen LogP contribution >= 0.6 is 15.9 Å². The topological polar surface area (TPSA) is 61.9 Å². The van der Waals surface area contributed by atoms with Crippen molar-refractivity contribution in [3.8, 4) is 17.2 Å². The summed E-state index contributed by atoms with van der Waals surface area (Å²) in [5, 5.41) is 0. The number of halogens is 1. The Morgan fingerprint density at radius 1 is 0.618 bits per heavy atom. The van der Waals surface area contributed by atoms with Crippen LogP contribution in [0.1, 0.15) is 0 Å². The molecule has 2 aromatic carbocycles. The predicted octanol–water partition coefficient (Wildman–Crippen LogP) is 3.85. The van der Waals surface area contributed by atoms with Crippen molar-refractivity contribution in [2.75, 3.05) is 96.9 Å². The Bertz CT molecular complexity index is 884. The van der Waals surface area contributed by atoms with Crippen LogP contribution < -0.4 is 24.0 Å². The largest absolute Gasteiger partial charge is 0.497 e. The van der Waals surface area contributed by atoms with Gasteiger partial charge in [-0.3, -0.25) is 0 Å². The number of anilines is 2. The molecule has 1 saturated heterocycles. The summed E-state index contributed by atoms with van der Waals surface area (Å²) in [7, 11) is 5.00. The van der Waals surface area contributed by atoms with E-state index in [0.717, 1.165) is 46.2 Å². The molecule has 1 aliphatic heterocycles. The van der Waals surface area contributed by atoms with Crippen molar-refractivity contribution in [2.24, 2.45) is 0 Å². The molecule has 1 fully saturated rings. The third-order valence-electron chi connectivity index (χ3n) is 5.60. The minimum absolute atomic E-state index is 0.547. The minimum Gasteiger partial charge on any atom is -0.497 e. The Kier molecular flexibility index (Phi) is 11.1. The molecule has 1 heterocycles. The Balaban J connectivity index is 1.69. The van der Waals surface area contributed by atoms with Crippen LogP contribution in [0.15, 0.2) is 40.9 Å². The Hall–Kier alpha value is -2.20. The fraction of sp³-hybridized carbons (Fsp3) is 0.520. The Labute approximate surface area is 210 Å². The van der Waals surface area contributed by atoms with Crippen molar-refractivity contribution < 1.29 is 28.4 Å². The molecular formula is C25H35BrN2O6. The van der Waals surface area contributed by atoms with Gasteiger partial charge in [0.15, 0.2) is 0 Å². The third-order valence-corrected chi connectivity index (χ3v) is 6.10. The lowest BCUT2D eigenvalue weighted by Gasteiger charge is -2.28. The second-order valence-electron chi connectivity index (χ2n) is 7.67. The third kappa shape index (κ3) is 7.66. The zero-order chi connectivity index (χ0) is 24.2. The Morgan fingerprint density at radius 2 is 1.09 bits per heavy atom.